The Morgan fingerprint density at radius 2 is 2.22 bits per heavy atom. The van der Waals surface area contributed by atoms with E-state index in [-0.39, 0.29) is 17.7 Å². The molecule has 2 aromatic rings. The Kier molecular flexibility index (Phi) is 3.45. The first-order valence-electron chi connectivity index (χ1n) is 5.46. The van der Waals surface area contributed by atoms with Gasteiger partial charge in [-0.15, -0.1) is 0 Å². The van der Waals surface area contributed by atoms with Crippen LogP contribution in [0.4, 0.5) is 20.4 Å². The molecule has 6 heteroatoms. The minimum absolute atomic E-state index is 0.0621. The molecule has 0 spiro atoms. The van der Waals surface area contributed by atoms with E-state index in [0.717, 1.165) is 5.76 Å². The summed E-state index contributed by atoms with van der Waals surface area (Å²) in [5.41, 5.74) is 5.29. The van der Waals surface area contributed by atoms with Gasteiger partial charge < -0.3 is 15.5 Å². The highest BCUT2D eigenvalue weighted by Gasteiger charge is 2.13. The number of aromatic nitrogens is 1. The van der Waals surface area contributed by atoms with Crippen LogP contribution in [-0.2, 0) is 6.42 Å². The van der Waals surface area contributed by atoms with Crippen molar-refractivity contribution in [2.45, 2.75) is 19.4 Å². The van der Waals surface area contributed by atoms with Gasteiger partial charge in [-0.25, -0.2) is 13.8 Å². The predicted molar refractivity (Wildman–Crippen MR) is 64.1 cm³/mol. The molecule has 0 aliphatic carbocycles. The van der Waals surface area contributed by atoms with Gasteiger partial charge in [0.05, 0.1) is 6.26 Å². The molecule has 3 N–H and O–H groups in total. The second-order valence-electron chi connectivity index (χ2n) is 4.01. The number of furan rings is 1. The Morgan fingerprint density at radius 1 is 1.44 bits per heavy atom. The fourth-order valence-corrected chi connectivity index (χ4v) is 1.60. The van der Waals surface area contributed by atoms with Gasteiger partial charge in [0, 0.05) is 18.5 Å². The van der Waals surface area contributed by atoms with Gasteiger partial charge in [0.1, 0.15) is 5.76 Å². The lowest BCUT2D eigenvalue weighted by atomic mass is 10.2. The second-order valence-corrected chi connectivity index (χ2v) is 4.01. The van der Waals surface area contributed by atoms with Gasteiger partial charge >= 0.3 is 0 Å². The molecule has 18 heavy (non-hydrogen) atoms. The van der Waals surface area contributed by atoms with E-state index >= 15 is 0 Å². The molecule has 0 aliphatic heterocycles. The SMILES string of the molecule is CC(Cc1ccco1)Nc1nc(N)c(F)cc1F. The molecule has 1 atom stereocenters. The zero-order valence-corrected chi connectivity index (χ0v) is 9.78. The van der Waals surface area contributed by atoms with Crippen molar-refractivity contribution in [3.8, 4) is 0 Å². The fraction of sp³-hybridized carbons (Fsp3) is 0.250. The number of nitrogens with one attached hydrogen (secondary N) is 1. The van der Waals surface area contributed by atoms with Gasteiger partial charge in [0.25, 0.3) is 0 Å². The van der Waals surface area contributed by atoms with Crippen LogP contribution in [0.1, 0.15) is 12.7 Å². The normalized spacial score (nSPS) is 12.4. The molecule has 0 saturated carbocycles. The van der Waals surface area contributed by atoms with Gasteiger partial charge in [0.2, 0.25) is 0 Å². The van der Waals surface area contributed by atoms with E-state index in [1.165, 1.54) is 0 Å². The molecule has 0 bridgehead atoms. The van der Waals surface area contributed by atoms with Gasteiger partial charge in [-0.3, -0.25) is 0 Å². The monoisotopic (exact) mass is 253 g/mol. The molecule has 0 saturated heterocycles. The molecule has 96 valence electrons. The van der Waals surface area contributed by atoms with E-state index in [4.69, 9.17) is 10.2 Å². The number of nitrogens with two attached hydrogens (primary N) is 1. The first kappa shape index (κ1) is 12.3. The van der Waals surface area contributed by atoms with E-state index in [2.05, 4.69) is 10.3 Å². The molecule has 2 aromatic heterocycles. The standard InChI is InChI=1S/C12H13F2N3O/c1-7(5-8-3-2-4-18-8)16-12-10(14)6-9(13)11(15)17-12/h2-4,6-7H,5H2,1H3,(H3,15,16,17). The summed E-state index contributed by atoms with van der Waals surface area (Å²) < 4.78 is 31.5. The van der Waals surface area contributed by atoms with Gasteiger partial charge in [-0.1, -0.05) is 0 Å². The summed E-state index contributed by atoms with van der Waals surface area (Å²) in [4.78, 5) is 3.63. The number of nitrogen functional groups attached to an aromatic ring is 1. The highest BCUT2D eigenvalue weighted by atomic mass is 19.1. The Morgan fingerprint density at radius 3 is 2.89 bits per heavy atom. The zero-order chi connectivity index (χ0) is 13.1. The summed E-state index contributed by atoms with van der Waals surface area (Å²) in [6, 6.07) is 4.19. The Balaban J connectivity index is 2.07. The highest BCUT2D eigenvalue weighted by molar-refractivity contribution is 5.45. The predicted octanol–water partition coefficient (Wildman–Crippen LogP) is 2.58. The van der Waals surface area contributed by atoms with Gasteiger partial charge in [-0.2, -0.15) is 0 Å². The summed E-state index contributed by atoms with van der Waals surface area (Å²) in [6.07, 6.45) is 2.13. The maximum absolute atomic E-state index is 13.4. The summed E-state index contributed by atoms with van der Waals surface area (Å²) in [6.45, 7) is 1.84. The third-order valence-electron chi connectivity index (χ3n) is 2.43. The van der Waals surface area contributed by atoms with Crippen LogP contribution in [0.15, 0.2) is 28.9 Å². The van der Waals surface area contributed by atoms with Crippen molar-refractivity contribution in [1.29, 1.82) is 0 Å². The molecule has 4 nitrogen and oxygen atoms in total. The van der Waals surface area contributed by atoms with Crippen molar-refractivity contribution in [3.05, 3.63) is 41.9 Å². The van der Waals surface area contributed by atoms with E-state index in [1.807, 2.05) is 13.0 Å². The van der Waals surface area contributed by atoms with Crippen LogP contribution in [0.25, 0.3) is 0 Å². The number of anilines is 2. The number of nitrogens with zero attached hydrogens (tertiary/aromatic N) is 1. The summed E-state index contributed by atoms with van der Waals surface area (Å²) >= 11 is 0. The third-order valence-corrected chi connectivity index (χ3v) is 2.43. The maximum Gasteiger partial charge on any atom is 0.168 e. The van der Waals surface area contributed by atoms with Crippen molar-refractivity contribution >= 4 is 11.6 Å². The van der Waals surface area contributed by atoms with E-state index in [1.54, 1.807) is 12.3 Å². The van der Waals surface area contributed by atoms with Crippen molar-refractivity contribution in [2.75, 3.05) is 11.1 Å². The number of halogens is 2. The Hall–Kier alpha value is -2.11. The largest absolute Gasteiger partial charge is 0.469 e. The minimum atomic E-state index is -0.864. The topological polar surface area (TPSA) is 64.1 Å². The van der Waals surface area contributed by atoms with Gasteiger partial charge in [-0.05, 0) is 19.1 Å². The van der Waals surface area contributed by atoms with Crippen molar-refractivity contribution in [1.82, 2.24) is 4.98 Å². The molecule has 2 heterocycles. The average molecular weight is 253 g/mol. The summed E-state index contributed by atoms with van der Waals surface area (Å²) in [5, 5.41) is 2.82. The first-order valence-corrected chi connectivity index (χ1v) is 5.46. The van der Waals surface area contributed by atoms with Crippen molar-refractivity contribution in [3.63, 3.8) is 0 Å². The first-order chi connectivity index (χ1) is 8.56. The minimum Gasteiger partial charge on any atom is -0.469 e. The number of rotatable bonds is 4. The molecular weight excluding hydrogens is 240 g/mol. The smallest absolute Gasteiger partial charge is 0.168 e. The average Bonchev–Trinajstić information content (AvgIpc) is 2.78. The van der Waals surface area contributed by atoms with E-state index in [9.17, 15) is 8.78 Å². The lowest BCUT2D eigenvalue weighted by molar-refractivity contribution is 0.496. The molecule has 0 aliphatic rings. The van der Waals surface area contributed by atoms with E-state index < -0.39 is 11.6 Å². The highest BCUT2D eigenvalue weighted by Crippen LogP contribution is 2.18. The fourth-order valence-electron chi connectivity index (χ4n) is 1.60. The van der Waals surface area contributed by atoms with Crippen LogP contribution in [0.3, 0.4) is 0 Å². The Bertz CT molecular complexity index is 528. The van der Waals surface area contributed by atoms with Crippen LogP contribution in [0.2, 0.25) is 0 Å². The third kappa shape index (κ3) is 2.77. The molecular formula is C12H13F2N3O. The lowest BCUT2D eigenvalue weighted by Gasteiger charge is -2.14. The number of hydrogen-bond donors (Lipinski definition) is 2. The molecule has 0 amide bonds. The zero-order valence-electron chi connectivity index (χ0n) is 9.78. The molecule has 1 unspecified atom stereocenters. The van der Waals surface area contributed by atoms with Crippen LogP contribution >= 0.6 is 0 Å². The lowest BCUT2D eigenvalue weighted by Crippen LogP contribution is -2.20. The Labute approximate surface area is 103 Å². The van der Waals surface area contributed by atoms with Crippen LogP contribution < -0.4 is 11.1 Å². The van der Waals surface area contributed by atoms with E-state index in [0.29, 0.717) is 12.5 Å². The van der Waals surface area contributed by atoms with Crippen molar-refractivity contribution in [2.24, 2.45) is 0 Å². The van der Waals surface area contributed by atoms with Gasteiger partial charge in [0.15, 0.2) is 23.3 Å². The molecule has 0 aromatic carbocycles. The number of pyridine rings is 1. The van der Waals surface area contributed by atoms with Crippen LogP contribution in [0, 0.1) is 11.6 Å². The molecule has 0 radical (unpaired) electrons. The number of hydrogen-bond acceptors (Lipinski definition) is 4. The molecule has 0 fully saturated rings. The van der Waals surface area contributed by atoms with Crippen LogP contribution in [0.5, 0.6) is 0 Å². The summed E-state index contributed by atoms with van der Waals surface area (Å²) in [7, 11) is 0. The quantitative estimate of drug-likeness (QED) is 0.879. The summed E-state index contributed by atoms with van der Waals surface area (Å²) in [5.74, 6) is -1.26. The van der Waals surface area contributed by atoms with Crippen LogP contribution in [-0.4, -0.2) is 11.0 Å². The molecule has 2 rings (SSSR count). The second kappa shape index (κ2) is 5.03. The maximum atomic E-state index is 13.4. The van der Waals surface area contributed by atoms with Crippen molar-refractivity contribution < 1.29 is 13.2 Å².